The fourth-order valence-corrected chi connectivity index (χ4v) is 1.72. The van der Waals surface area contributed by atoms with E-state index in [0.29, 0.717) is 25.5 Å². The lowest BCUT2D eigenvalue weighted by Crippen LogP contribution is -2.34. The van der Waals surface area contributed by atoms with Crippen molar-refractivity contribution >= 4 is 11.8 Å². The minimum absolute atomic E-state index is 0.0733. The lowest BCUT2D eigenvalue weighted by atomic mass is 10.2. The Morgan fingerprint density at radius 1 is 1.65 bits per heavy atom. The number of aryl methyl sites for hydroxylation is 1. The summed E-state index contributed by atoms with van der Waals surface area (Å²) in [7, 11) is 0. The second-order valence-electron chi connectivity index (χ2n) is 3.96. The molecule has 1 aliphatic heterocycles. The van der Waals surface area contributed by atoms with Crippen molar-refractivity contribution in [2.45, 2.75) is 26.3 Å². The SMILES string of the molecule is CCOC(=O)C[C@@H]1COc2ccc(C)nc2N1. The summed E-state index contributed by atoms with van der Waals surface area (Å²) >= 11 is 0. The highest BCUT2D eigenvalue weighted by Gasteiger charge is 2.22. The molecule has 1 aliphatic rings. The molecule has 0 aliphatic carbocycles. The molecule has 0 spiro atoms. The summed E-state index contributed by atoms with van der Waals surface area (Å²) in [4.78, 5) is 15.7. The first kappa shape index (κ1) is 11.7. The van der Waals surface area contributed by atoms with E-state index in [-0.39, 0.29) is 12.0 Å². The van der Waals surface area contributed by atoms with Gasteiger partial charge in [0.1, 0.15) is 6.61 Å². The highest BCUT2D eigenvalue weighted by atomic mass is 16.5. The number of anilines is 1. The maximum absolute atomic E-state index is 11.4. The van der Waals surface area contributed by atoms with Crippen LogP contribution in [0.1, 0.15) is 19.0 Å². The van der Waals surface area contributed by atoms with E-state index in [2.05, 4.69) is 10.3 Å². The molecule has 2 heterocycles. The average molecular weight is 236 g/mol. The maximum atomic E-state index is 11.4. The van der Waals surface area contributed by atoms with Crippen molar-refractivity contribution in [1.82, 2.24) is 4.98 Å². The van der Waals surface area contributed by atoms with Crippen LogP contribution in [0, 0.1) is 6.92 Å². The molecule has 1 atom stereocenters. The van der Waals surface area contributed by atoms with Gasteiger partial charge in [-0.1, -0.05) is 0 Å². The molecule has 0 fully saturated rings. The minimum atomic E-state index is -0.218. The van der Waals surface area contributed by atoms with Gasteiger partial charge >= 0.3 is 5.97 Å². The topological polar surface area (TPSA) is 60.5 Å². The number of nitrogens with one attached hydrogen (secondary N) is 1. The fraction of sp³-hybridized carbons (Fsp3) is 0.500. The van der Waals surface area contributed by atoms with Crippen LogP contribution in [-0.2, 0) is 9.53 Å². The fourth-order valence-electron chi connectivity index (χ4n) is 1.72. The lowest BCUT2D eigenvalue weighted by Gasteiger charge is -2.26. The number of fused-ring (bicyclic) bond motifs is 1. The predicted molar refractivity (Wildman–Crippen MR) is 63.1 cm³/mol. The van der Waals surface area contributed by atoms with E-state index in [1.165, 1.54) is 0 Å². The molecule has 0 radical (unpaired) electrons. The molecule has 0 amide bonds. The first-order valence-electron chi connectivity index (χ1n) is 5.71. The zero-order chi connectivity index (χ0) is 12.3. The molecule has 0 saturated carbocycles. The molecular weight excluding hydrogens is 220 g/mol. The summed E-state index contributed by atoms with van der Waals surface area (Å²) in [5, 5.41) is 3.19. The maximum Gasteiger partial charge on any atom is 0.307 e. The van der Waals surface area contributed by atoms with Gasteiger partial charge in [-0.25, -0.2) is 4.98 Å². The van der Waals surface area contributed by atoms with Crippen molar-refractivity contribution in [3.05, 3.63) is 17.8 Å². The molecule has 5 nitrogen and oxygen atoms in total. The zero-order valence-corrected chi connectivity index (χ0v) is 10.0. The van der Waals surface area contributed by atoms with E-state index in [1.54, 1.807) is 6.92 Å². The van der Waals surface area contributed by atoms with Crippen LogP contribution in [-0.4, -0.2) is 30.2 Å². The number of pyridine rings is 1. The van der Waals surface area contributed by atoms with E-state index >= 15 is 0 Å². The number of hydrogen-bond acceptors (Lipinski definition) is 5. The van der Waals surface area contributed by atoms with Gasteiger partial charge in [-0.2, -0.15) is 0 Å². The second-order valence-corrected chi connectivity index (χ2v) is 3.96. The number of aromatic nitrogens is 1. The Labute approximate surface area is 100 Å². The summed E-state index contributed by atoms with van der Waals surface area (Å²) in [6.07, 6.45) is 0.295. The van der Waals surface area contributed by atoms with Crippen LogP contribution in [0.2, 0.25) is 0 Å². The summed E-state index contributed by atoms with van der Waals surface area (Å²) in [6.45, 7) is 4.57. The van der Waals surface area contributed by atoms with Gasteiger partial charge in [-0.05, 0) is 26.0 Å². The minimum Gasteiger partial charge on any atom is -0.488 e. The third-order valence-corrected chi connectivity index (χ3v) is 2.50. The normalized spacial score (nSPS) is 17.6. The highest BCUT2D eigenvalue weighted by Crippen LogP contribution is 2.27. The summed E-state index contributed by atoms with van der Waals surface area (Å²) in [5.74, 6) is 1.21. The van der Waals surface area contributed by atoms with Crippen LogP contribution in [0.15, 0.2) is 12.1 Å². The number of ether oxygens (including phenoxy) is 2. The van der Waals surface area contributed by atoms with Gasteiger partial charge < -0.3 is 14.8 Å². The standard InChI is InChI=1S/C12H16N2O3/c1-3-16-11(15)6-9-7-17-10-5-4-8(2)13-12(10)14-9/h4-5,9H,3,6-7H2,1-2H3,(H,13,14)/t9-/m1/s1. The predicted octanol–water partition coefficient (Wildman–Crippen LogP) is 1.52. The average Bonchev–Trinajstić information content (AvgIpc) is 2.28. The molecule has 1 N–H and O–H groups in total. The van der Waals surface area contributed by atoms with Crippen molar-refractivity contribution in [3.63, 3.8) is 0 Å². The molecule has 1 aromatic heterocycles. The van der Waals surface area contributed by atoms with Crippen LogP contribution in [0.5, 0.6) is 5.75 Å². The van der Waals surface area contributed by atoms with Gasteiger partial charge in [-0.3, -0.25) is 4.79 Å². The Kier molecular flexibility index (Phi) is 3.46. The number of rotatable bonds is 3. The van der Waals surface area contributed by atoms with Crippen molar-refractivity contribution in [2.75, 3.05) is 18.5 Å². The summed E-state index contributed by atoms with van der Waals surface area (Å²) < 4.78 is 10.4. The molecule has 0 saturated heterocycles. The monoisotopic (exact) mass is 236 g/mol. The Morgan fingerprint density at radius 3 is 3.24 bits per heavy atom. The quantitative estimate of drug-likeness (QED) is 0.806. The zero-order valence-electron chi connectivity index (χ0n) is 10.0. The molecular formula is C12H16N2O3. The first-order chi connectivity index (χ1) is 8.19. The Balaban J connectivity index is 2.00. The molecule has 1 aromatic rings. The molecule has 92 valence electrons. The molecule has 2 rings (SSSR count). The second kappa shape index (κ2) is 5.03. The summed E-state index contributed by atoms with van der Waals surface area (Å²) in [6, 6.07) is 3.70. The Morgan fingerprint density at radius 2 is 2.47 bits per heavy atom. The molecule has 5 heteroatoms. The van der Waals surface area contributed by atoms with Crippen LogP contribution in [0.25, 0.3) is 0 Å². The number of hydrogen-bond donors (Lipinski definition) is 1. The van der Waals surface area contributed by atoms with Gasteiger partial charge in [0.25, 0.3) is 0 Å². The van der Waals surface area contributed by atoms with Gasteiger partial charge in [0.05, 0.1) is 19.1 Å². The van der Waals surface area contributed by atoms with Crippen LogP contribution < -0.4 is 10.1 Å². The number of esters is 1. The molecule has 0 unspecified atom stereocenters. The molecule has 17 heavy (non-hydrogen) atoms. The van der Waals surface area contributed by atoms with Crippen molar-refractivity contribution in [1.29, 1.82) is 0 Å². The first-order valence-corrected chi connectivity index (χ1v) is 5.71. The van der Waals surface area contributed by atoms with E-state index < -0.39 is 0 Å². The van der Waals surface area contributed by atoms with E-state index in [1.807, 2.05) is 19.1 Å². The van der Waals surface area contributed by atoms with E-state index in [0.717, 1.165) is 11.4 Å². The van der Waals surface area contributed by atoms with Crippen molar-refractivity contribution < 1.29 is 14.3 Å². The van der Waals surface area contributed by atoms with E-state index in [4.69, 9.17) is 9.47 Å². The number of carbonyl (C=O) groups excluding carboxylic acids is 1. The molecule has 0 aromatic carbocycles. The largest absolute Gasteiger partial charge is 0.488 e. The summed E-state index contributed by atoms with van der Waals surface area (Å²) in [5.41, 5.74) is 0.914. The van der Waals surface area contributed by atoms with E-state index in [9.17, 15) is 4.79 Å². The third kappa shape index (κ3) is 2.87. The van der Waals surface area contributed by atoms with Crippen molar-refractivity contribution in [3.8, 4) is 5.75 Å². The smallest absolute Gasteiger partial charge is 0.307 e. The van der Waals surface area contributed by atoms with Gasteiger partial charge in [-0.15, -0.1) is 0 Å². The van der Waals surface area contributed by atoms with Crippen molar-refractivity contribution in [2.24, 2.45) is 0 Å². The van der Waals surface area contributed by atoms with Gasteiger partial charge in [0, 0.05) is 5.69 Å². The van der Waals surface area contributed by atoms with Gasteiger partial charge in [0.15, 0.2) is 11.6 Å². The molecule has 0 bridgehead atoms. The Hall–Kier alpha value is -1.78. The Bertz CT molecular complexity index is 420. The van der Waals surface area contributed by atoms with Crippen LogP contribution in [0.4, 0.5) is 5.82 Å². The lowest BCUT2D eigenvalue weighted by molar-refractivity contribution is -0.143. The van der Waals surface area contributed by atoms with Gasteiger partial charge in [0.2, 0.25) is 0 Å². The number of carbonyl (C=O) groups is 1. The highest BCUT2D eigenvalue weighted by molar-refractivity contribution is 5.71. The number of nitrogens with zero attached hydrogens (tertiary/aromatic N) is 1. The van der Waals surface area contributed by atoms with Crippen LogP contribution >= 0.6 is 0 Å². The van der Waals surface area contributed by atoms with Crippen LogP contribution in [0.3, 0.4) is 0 Å². The third-order valence-electron chi connectivity index (χ3n) is 2.50.